The Morgan fingerprint density at radius 3 is 2.76 bits per heavy atom. The van der Waals surface area contributed by atoms with E-state index in [1.807, 2.05) is 35.2 Å². The van der Waals surface area contributed by atoms with Crippen molar-refractivity contribution in [3.05, 3.63) is 54.6 Å². The molecule has 29 heavy (non-hydrogen) atoms. The Kier molecular flexibility index (Phi) is 6.36. The van der Waals surface area contributed by atoms with Crippen LogP contribution in [-0.4, -0.2) is 65.4 Å². The molecule has 2 fully saturated rings. The molecule has 0 N–H and O–H groups in total. The monoisotopic (exact) mass is 397 g/mol. The first kappa shape index (κ1) is 19.8. The third-order valence-corrected chi connectivity index (χ3v) is 5.64. The number of hydrogen-bond donors (Lipinski definition) is 0. The van der Waals surface area contributed by atoms with Crippen molar-refractivity contribution in [3.8, 4) is 5.75 Å². The molecule has 2 aliphatic heterocycles. The van der Waals surface area contributed by atoms with Gasteiger partial charge in [-0.1, -0.05) is 18.2 Å². The molecule has 0 saturated carbocycles. The fourth-order valence-electron chi connectivity index (χ4n) is 4.05. The molecule has 1 spiro atoms. The number of benzene rings is 1. The van der Waals surface area contributed by atoms with Crippen LogP contribution in [-0.2, 0) is 9.47 Å². The number of carbonyl (C=O) groups is 1. The second kappa shape index (κ2) is 9.33. The SMILES string of the molecule is O=C(c1cnccn1)N1CCC2(CC1)CC(OCCOc1ccccc1)CCO2. The van der Waals surface area contributed by atoms with Gasteiger partial charge in [0.05, 0.1) is 24.5 Å². The van der Waals surface area contributed by atoms with Gasteiger partial charge in [-0.2, -0.15) is 0 Å². The molecule has 3 heterocycles. The molecule has 0 radical (unpaired) electrons. The Morgan fingerprint density at radius 1 is 1.17 bits per heavy atom. The van der Waals surface area contributed by atoms with E-state index in [-0.39, 0.29) is 17.6 Å². The second-order valence-corrected chi connectivity index (χ2v) is 7.56. The molecule has 7 nitrogen and oxygen atoms in total. The quantitative estimate of drug-likeness (QED) is 0.698. The lowest BCUT2D eigenvalue weighted by atomic mass is 9.83. The lowest BCUT2D eigenvalue weighted by Gasteiger charge is -2.46. The van der Waals surface area contributed by atoms with Gasteiger partial charge in [0, 0.05) is 38.5 Å². The van der Waals surface area contributed by atoms with Crippen molar-refractivity contribution in [2.75, 3.05) is 32.9 Å². The topological polar surface area (TPSA) is 73.8 Å². The highest BCUT2D eigenvalue weighted by atomic mass is 16.5. The maximum atomic E-state index is 12.6. The van der Waals surface area contributed by atoms with Crippen LogP contribution in [0.15, 0.2) is 48.9 Å². The molecule has 2 aliphatic rings. The molecular weight excluding hydrogens is 370 g/mol. The maximum Gasteiger partial charge on any atom is 0.274 e. The number of likely N-dealkylation sites (tertiary alicyclic amines) is 1. The molecule has 0 aliphatic carbocycles. The molecule has 2 aromatic rings. The van der Waals surface area contributed by atoms with Crippen LogP contribution < -0.4 is 4.74 Å². The number of ether oxygens (including phenoxy) is 3. The molecule has 1 aromatic heterocycles. The summed E-state index contributed by atoms with van der Waals surface area (Å²) in [5.41, 5.74) is 0.204. The summed E-state index contributed by atoms with van der Waals surface area (Å²) in [7, 11) is 0. The van der Waals surface area contributed by atoms with Crippen LogP contribution in [0.2, 0.25) is 0 Å². The average molecular weight is 397 g/mol. The smallest absolute Gasteiger partial charge is 0.274 e. The number of aromatic nitrogens is 2. The van der Waals surface area contributed by atoms with E-state index in [9.17, 15) is 4.79 Å². The second-order valence-electron chi connectivity index (χ2n) is 7.56. The Labute approximate surface area is 171 Å². The van der Waals surface area contributed by atoms with E-state index in [1.54, 1.807) is 12.4 Å². The van der Waals surface area contributed by atoms with Crippen molar-refractivity contribution in [3.63, 3.8) is 0 Å². The average Bonchev–Trinajstić information content (AvgIpc) is 2.78. The first-order valence-corrected chi connectivity index (χ1v) is 10.2. The van der Waals surface area contributed by atoms with E-state index in [2.05, 4.69) is 9.97 Å². The molecule has 154 valence electrons. The number of hydrogen-bond acceptors (Lipinski definition) is 6. The van der Waals surface area contributed by atoms with E-state index in [0.717, 1.165) is 31.4 Å². The molecular formula is C22H27N3O4. The van der Waals surface area contributed by atoms with Gasteiger partial charge in [0.2, 0.25) is 0 Å². The van der Waals surface area contributed by atoms with E-state index in [0.29, 0.717) is 38.6 Å². The molecule has 7 heteroatoms. The van der Waals surface area contributed by atoms with E-state index < -0.39 is 0 Å². The number of piperidine rings is 1. The fraction of sp³-hybridized carbons (Fsp3) is 0.500. The Hall–Kier alpha value is -2.51. The lowest BCUT2D eigenvalue weighted by Crippen LogP contribution is -2.52. The van der Waals surface area contributed by atoms with Gasteiger partial charge in [-0.25, -0.2) is 4.98 Å². The van der Waals surface area contributed by atoms with Crippen molar-refractivity contribution >= 4 is 5.91 Å². The number of carbonyl (C=O) groups excluding carboxylic acids is 1. The van der Waals surface area contributed by atoms with Crippen LogP contribution in [0, 0.1) is 0 Å². The summed E-state index contributed by atoms with van der Waals surface area (Å²) in [4.78, 5) is 22.5. The summed E-state index contributed by atoms with van der Waals surface area (Å²) in [6.07, 6.45) is 8.21. The molecule has 2 saturated heterocycles. The Morgan fingerprint density at radius 2 is 2.00 bits per heavy atom. The zero-order valence-electron chi connectivity index (χ0n) is 16.5. The van der Waals surface area contributed by atoms with Gasteiger partial charge in [-0.3, -0.25) is 9.78 Å². The lowest BCUT2D eigenvalue weighted by molar-refractivity contribution is -0.153. The van der Waals surface area contributed by atoms with Gasteiger partial charge in [-0.05, 0) is 31.4 Å². The summed E-state index contributed by atoms with van der Waals surface area (Å²) in [6.45, 7) is 3.13. The minimum atomic E-state index is -0.192. The number of amides is 1. The maximum absolute atomic E-state index is 12.6. The molecule has 0 bridgehead atoms. The van der Waals surface area contributed by atoms with E-state index in [4.69, 9.17) is 14.2 Å². The summed E-state index contributed by atoms with van der Waals surface area (Å²) in [5.74, 6) is 0.800. The van der Waals surface area contributed by atoms with Gasteiger partial charge in [-0.15, -0.1) is 0 Å². The highest BCUT2D eigenvalue weighted by Crippen LogP contribution is 2.36. The first-order valence-electron chi connectivity index (χ1n) is 10.2. The molecule has 1 atom stereocenters. The minimum Gasteiger partial charge on any atom is -0.491 e. The molecule has 1 aromatic carbocycles. The zero-order chi connectivity index (χ0) is 19.9. The summed E-state index contributed by atoms with van der Waals surface area (Å²) in [6, 6.07) is 9.77. The summed E-state index contributed by atoms with van der Waals surface area (Å²) in [5, 5.41) is 0. The number of nitrogens with zero attached hydrogens (tertiary/aromatic N) is 3. The van der Waals surface area contributed by atoms with Gasteiger partial charge in [0.1, 0.15) is 18.1 Å². The Balaban J connectivity index is 1.23. The number of para-hydroxylation sites is 1. The molecule has 1 unspecified atom stereocenters. The molecule has 1 amide bonds. The summed E-state index contributed by atoms with van der Waals surface area (Å²) >= 11 is 0. The Bertz CT molecular complexity index is 779. The van der Waals surface area contributed by atoms with E-state index in [1.165, 1.54) is 6.20 Å². The van der Waals surface area contributed by atoms with Gasteiger partial charge >= 0.3 is 0 Å². The largest absolute Gasteiger partial charge is 0.491 e. The van der Waals surface area contributed by atoms with Crippen LogP contribution in [0.3, 0.4) is 0 Å². The third-order valence-electron chi connectivity index (χ3n) is 5.64. The van der Waals surface area contributed by atoms with Gasteiger partial charge in [0.25, 0.3) is 5.91 Å². The third kappa shape index (κ3) is 5.10. The van der Waals surface area contributed by atoms with Crippen molar-refractivity contribution in [2.24, 2.45) is 0 Å². The normalized spacial score (nSPS) is 21.1. The highest BCUT2D eigenvalue weighted by Gasteiger charge is 2.41. The minimum absolute atomic E-state index is 0.0605. The van der Waals surface area contributed by atoms with Crippen molar-refractivity contribution in [1.82, 2.24) is 14.9 Å². The van der Waals surface area contributed by atoms with Crippen molar-refractivity contribution < 1.29 is 19.0 Å². The van der Waals surface area contributed by atoms with Crippen LogP contribution in [0.4, 0.5) is 0 Å². The zero-order valence-corrected chi connectivity index (χ0v) is 16.5. The van der Waals surface area contributed by atoms with Crippen LogP contribution in [0.1, 0.15) is 36.2 Å². The van der Waals surface area contributed by atoms with E-state index >= 15 is 0 Å². The summed E-state index contributed by atoms with van der Waals surface area (Å²) < 4.78 is 17.9. The van der Waals surface area contributed by atoms with Gasteiger partial charge < -0.3 is 19.1 Å². The van der Waals surface area contributed by atoms with Gasteiger partial charge in [0.15, 0.2) is 0 Å². The molecule has 4 rings (SSSR count). The van der Waals surface area contributed by atoms with Crippen LogP contribution in [0.25, 0.3) is 0 Å². The van der Waals surface area contributed by atoms with Crippen molar-refractivity contribution in [2.45, 2.75) is 37.4 Å². The first-order chi connectivity index (χ1) is 14.2. The van der Waals surface area contributed by atoms with Crippen molar-refractivity contribution in [1.29, 1.82) is 0 Å². The van der Waals surface area contributed by atoms with Crippen LogP contribution >= 0.6 is 0 Å². The fourth-order valence-corrected chi connectivity index (χ4v) is 4.05. The van der Waals surface area contributed by atoms with Crippen LogP contribution in [0.5, 0.6) is 5.75 Å². The predicted octanol–water partition coefficient (Wildman–Crippen LogP) is 2.73. The highest BCUT2D eigenvalue weighted by molar-refractivity contribution is 5.92. The number of rotatable bonds is 6. The predicted molar refractivity (Wildman–Crippen MR) is 107 cm³/mol. The standard InChI is InChI=1S/C22H27N3O4/c26-21(20-17-23-9-10-24-20)25-11-7-22(8-12-25)16-19(6-13-29-22)28-15-14-27-18-4-2-1-3-5-18/h1-5,9-10,17,19H,6-8,11-16H2.